The van der Waals surface area contributed by atoms with Gasteiger partial charge in [0.05, 0.1) is 23.3 Å². The summed E-state index contributed by atoms with van der Waals surface area (Å²) in [6.45, 7) is 6.95. The molecule has 3 aromatic carbocycles. The van der Waals surface area contributed by atoms with E-state index < -0.39 is 0 Å². The first-order chi connectivity index (χ1) is 22.3. The summed E-state index contributed by atoms with van der Waals surface area (Å²) in [5, 5.41) is 0. The molecule has 1 saturated heterocycles. The van der Waals surface area contributed by atoms with Crippen LogP contribution in [0.5, 0.6) is 0 Å². The van der Waals surface area contributed by atoms with Gasteiger partial charge in [0, 0.05) is 55.2 Å². The zero-order valence-electron chi connectivity index (χ0n) is 25.4. The molecule has 0 aliphatic carbocycles. The van der Waals surface area contributed by atoms with Gasteiger partial charge in [-0.05, 0) is 55.3 Å². The molecule has 6 rings (SSSR count). The minimum absolute atomic E-state index is 0.0388. The van der Waals surface area contributed by atoms with Gasteiger partial charge in [0.1, 0.15) is 17.3 Å². The van der Waals surface area contributed by atoms with Crippen molar-refractivity contribution in [1.82, 2.24) is 24.4 Å². The molecule has 0 bridgehead atoms. The maximum absolute atomic E-state index is 13.7. The van der Waals surface area contributed by atoms with Crippen molar-refractivity contribution < 1.29 is 9.18 Å². The summed E-state index contributed by atoms with van der Waals surface area (Å²) in [6, 6.07) is 21.5. The molecule has 1 aliphatic heterocycles. The van der Waals surface area contributed by atoms with Gasteiger partial charge in [0.2, 0.25) is 0 Å². The van der Waals surface area contributed by atoms with Crippen LogP contribution in [0.4, 0.5) is 10.1 Å². The van der Waals surface area contributed by atoms with Crippen LogP contribution in [0.3, 0.4) is 0 Å². The zero-order chi connectivity index (χ0) is 32.2. The molecule has 0 unspecified atom stereocenters. The molecule has 0 saturated carbocycles. The number of imidazole rings is 2. The number of H-pyrrole nitrogens is 1. The molecule has 1 atom stereocenters. The molecule has 46 heavy (non-hydrogen) atoms. The van der Waals surface area contributed by atoms with E-state index in [2.05, 4.69) is 26.4 Å². The van der Waals surface area contributed by atoms with E-state index >= 15 is 0 Å². The number of carbonyl (C=O) groups is 1. The summed E-state index contributed by atoms with van der Waals surface area (Å²) in [6.07, 6.45) is 3.03. The number of anilines is 1. The maximum Gasteiger partial charge on any atom is 0.254 e. The largest absolute Gasteiger partial charge is 0.401 e. The summed E-state index contributed by atoms with van der Waals surface area (Å²) >= 11 is 0. The fourth-order valence-electron chi connectivity index (χ4n) is 5.89. The molecule has 1 amide bonds. The highest BCUT2D eigenvalue weighted by Crippen LogP contribution is 2.33. The van der Waals surface area contributed by atoms with Crippen LogP contribution in [0, 0.1) is 5.82 Å². The molecular formula is C34H37FN10O. The molecule has 0 spiro atoms. The van der Waals surface area contributed by atoms with Crippen LogP contribution < -0.4 is 22.1 Å². The number of piperazine rings is 1. The van der Waals surface area contributed by atoms with E-state index in [9.17, 15) is 9.18 Å². The maximum atomic E-state index is 13.7. The van der Waals surface area contributed by atoms with Gasteiger partial charge >= 0.3 is 0 Å². The van der Waals surface area contributed by atoms with Crippen LogP contribution >= 0.6 is 0 Å². The third-order valence-corrected chi connectivity index (χ3v) is 8.23. The number of rotatable bonds is 10. The molecule has 1 fully saturated rings. The van der Waals surface area contributed by atoms with Gasteiger partial charge in [-0.3, -0.25) is 9.79 Å². The van der Waals surface area contributed by atoms with Crippen molar-refractivity contribution in [1.29, 1.82) is 0 Å². The minimum Gasteiger partial charge on any atom is -0.401 e. The van der Waals surface area contributed by atoms with Crippen molar-refractivity contribution in [3.05, 3.63) is 103 Å². The second kappa shape index (κ2) is 13.1. The van der Waals surface area contributed by atoms with Gasteiger partial charge in [0.15, 0.2) is 11.8 Å². The van der Waals surface area contributed by atoms with Gasteiger partial charge in [-0.2, -0.15) is 0 Å². The Morgan fingerprint density at radius 1 is 1.00 bits per heavy atom. The number of aromatic amines is 1. The van der Waals surface area contributed by atoms with Crippen molar-refractivity contribution >= 4 is 28.6 Å². The number of amides is 1. The van der Waals surface area contributed by atoms with Gasteiger partial charge < -0.3 is 36.6 Å². The number of fused-ring (bicyclic) bond motifs is 1. The molecule has 3 heterocycles. The first kappa shape index (κ1) is 30.4. The number of halogens is 1. The molecule has 7 N–H and O–H groups in total. The highest BCUT2D eigenvalue weighted by molar-refractivity contribution is 5.98. The van der Waals surface area contributed by atoms with Crippen molar-refractivity contribution in [2.75, 3.05) is 37.6 Å². The zero-order valence-corrected chi connectivity index (χ0v) is 25.4. The lowest BCUT2D eigenvalue weighted by Gasteiger charge is -2.36. The fraction of sp³-hybridized carbons (Fsp3) is 0.235. The van der Waals surface area contributed by atoms with E-state index in [4.69, 9.17) is 22.2 Å². The standard InChI is InChI=1S/C34H37FN10O/c1-22(36)29(8-5-15-39-34(37)38)45-30-14-9-24(33(46)44-18-16-43(17-19-44)26-12-10-25(35)11-13-26)20-27(30)42-32(45)28-21-40-31(41-28)23-6-3-2-4-7-23/h2-4,6-7,9-14,20-21,29H,1,5,8,15-19,36H2,(H,40,41)(H4,37,38,39)/t29-/m0/s1. The summed E-state index contributed by atoms with van der Waals surface area (Å²) in [5.74, 6) is 1.04. The second-order valence-electron chi connectivity index (χ2n) is 11.3. The third-order valence-electron chi connectivity index (χ3n) is 8.23. The molecule has 5 aromatic rings. The van der Waals surface area contributed by atoms with Crippen LogP contribution in [0.15, 0.2) is 96.3 Å². The van der Waals surface area contributed by atoms with Gasteiger partial charge in [-0.1, -0.05) is 36.9 Å². The van der Waals surface area contributed by atoms with Crippen LogP contribution in [0.1, 0.15) is 29.2 Å². The monoisotopic (exact) mass is 620 g/mol. The Labute approximate surface area is 266 Å². The van der Waals surface area contributed by atoms with Crippen LogP contribution in [-0.4, -0.2) is 69.0 Å². The lowest BCUT2D eigenvalue weighted by Crippen LogP contribution is -2.48. The number of hydrogen-bond acceptors (Lipinski definition) is 6. The van der Waals surface area contributed by atoms with Crippen molar-refractivity contribution in [3.8, 4) is 22.9 Å². The van der Waals surface area contributed by atoms with Crippen molar-refractivity contribution in [2.24, 2.45) is 22.2 Å². The van der Waals surface area contributed by atoms with Crippen LogP contribution in [0.2, 0.25) is 0 Å². The number of hydrogen-bond donors (Lipinski definition) is 4. The molecule has 236 valence electrons. The number of nitrogens with one attached hydrogen (secondary N) is 1. The molecule has 2 aromatic heterocycles. The van der Waals surface area contributed by atoms with Crippen molar-refractivity contribution in [3.63, 3.8) is 0 Å². The minimum atomic E-state index is -0.321. The summed E-state index contributed by atoms with van der Waals surface area (Å²) in [7, 11) is 0. The summed E-state index contributed by atoms with van der Waals surface area (Å²) in [4.78, 5) is 34.8. The Kier molecular flexibility index (Phi) is 8.68. The predicted octanol–water partition coefficient (Wildman–Crippen LogP) is 4.26. The van der Waals surface area contributed by atoms with Gasteiger partial charge in [-0.25, -0.2) is 14.4 Å². The topological polar surface area (TPSA) is 160 Å². The number of nitrogens with zero attached hydrogens (tertiary/aromatic N) is 6. The average Bonchev–Trinajstić information content (AvgIpc) is 3.70. The SMILES string of the molecule is C=C(N)[C@H](CCCN=C(N)N)n1c(-c2cnc(-c3ccccc3)[nH]2)nc2cc(C(=O)N3CCN(c4ccc(F)cc4)CC3)ccc21. The van der Waals surface area contributed by atoms with E-state index in [1.807, 2.05) is 58.0 Å². The fourth-order valence-corrected chi connectivity index (χ4v) is 5.89. The van der Waals surface area contributed by atoms with E-state index in [1.165, 1.54) is 12.1 Å². The van der Waals surface area contributed by atoms with E-state index in [1.54, 1.807) is 18.3 Å². The first-order valence-electron chi connectivity index (χ1n) is 15.2. The highest BCUT2D eigenvalue weighted by atomic mass is 19.1. The van der Waals surface area contributed by atoms with Gasteiger partial charge in [0.25, 0.3) is 5.91 Å². The molecule has 12 heteroatoms. The van der Waals surface area contributed by atoms with E-state index in [-0.39, 0.29) is 23.7 Å². The molecule has 1 aliphatic rings. The van der Waals surface area contributed by atoms with Crippen LogP contribution in [0.25, 0.3) is 33.9 Å². The summed E-state index contributed by atoms with van der Waals surface area (Å²) in [5.41, 5.74) is 22.5. The number of aliphatic imine (C=N–C) groups is 1. The number of carbonyl (C=O) groups excluding carboxylic acids is 1. The Morgan fingerprint density at radius 3 is 2.43 bits per heavy atom. The lowest BCUT2D eigenvalue weighted by molar-refractivity contribution is 0.0747. The average molecular weight is 621 g/mol. The Hall–Kier alpha value is -5.65. The Bertz CT molecular complexity index is 1870. The highest BCUT2D eigenvalue weighted by Gasteiger charge is 2.26. The third kappa shape index (κ3) is 6.41. The number of nitrogens with two attached hydrogens (primary N) is 3. The first-order valence-corrected chi connectivity index (χ1v) is 15.2. The number of benzene rings is 3. The van der Waals surface area contributed by atoms with E-state index in [0.717, 1.165) is 16.8 Å². The number of aromatic nitrogens is 4. The normalized spacial score (nSPS) is 13.9. The van der Waals surface area contributed by atoms with Crippen molar-refractivity contribution in [2.45, 2.75) is 18.9 Å². The quantitative estimate of drug-likeness (QED) is 0.103. The van der Waals surface area contributed by atoms with E-state index in [0.29, 0.717) is 79.7 Å². The Morgan fingerprint density at radius 2 is 1.74 bits per heavy atom. The second-order valence-corrected chi connectivity index (χ2v) is 11.3. The van der Waals surface area contributed by atoms with Gasteiger partial charge in [-0.15, -0.1) is 0 Å². The Balaban J connectivity index is 1.31. The molecule has 0 radical (unpaired) electrons. The number of guanidine groups is 1. The molecule has 11 nitrogen and oxygen atoms in total. The molecular weight excluding hydrogens is 583 g/mol. The predicted molar refractivity (Wildman–Crippen MR) is 180 cm³/mol. The lowest BCUT2D eigenvalue weighted by atomic mass is 10.1. The summed E-state index contributed by atoms with van der Waals surface area (Å²) < 4.78 is 15.4. The number of allylic oxidation sites excluding steroid dienone is 1. The smallest absolute Gasteiger partial charge is 0.254 e. The van der Waals surface area contributed by atoms with Crippen LogP contribution in [-0.2, 0) is 0 Å².